The second-order valence-electron chi connectivity index (χ2n) is 9.21. The van der Waals surface area contributed by atoms with E-state index in [1.54, 1.807) is 18.0 Å². The molecule has 2 heterocycles. The Morgan fingerprint density at radius 2 is 1.54 bits per heavy atom. The van der Waals surface area contributed by atoms with E-state index in [9.17, 15) is 4.79 Å². The molecule has 0 bridgehead atoms. The van der Waals surface area contributed by atoms with E-state index in [1.807, 2.05) is 77.4 Å². The van der Waals surface area contributed by atoms with Crippen LogP contribution in [0, 0.1) is 0 Å². The van der Waals surface area contributed by atoms with Crippen molar-refractivity contribution in [2.45, 2.75) is 23.7 Å². The minimum atomic E-state index is -0.201. The van der Waals surface area contributed by atoms with E-state index in [0.29, 0.717) is 5.75 Å². The third kappa shape index (κ3) is 5.63. The highest BCUT2D eigenvalue weighted by Crippen LogP contribution is 2.25. The molecule has 0 unspecified atom stereocenters. The Balaban J connectivity index is 1.18. The zero-order valence-corrected chi connectivity index (χ0v) is 22.1. The molecule has 0 spiro atoms. The number of imidazole rings is 1. The maximum atomic E-state index is 13.0. The quantitative estimate of drug-likeness (QED) is 0.132. The van der Waals surface area contributed by atoms with E-state index in [-0.39, 0.29) is 12.5 Å². The molecule has 0 saturated heterocycles. The number of nitrogens with one attached hydrogen (secondary N) is 1. The summed E-state index contributed by atoms with van der Waals surface area (Å²) in [5.41, 5.74) is 7.84. The van der Waals surface area contributed by atoms with Crippen LogP contribution in [0.1, 0.15) is 17.0 Å². The highest BCUT2D eigenvalue weighted by molar-refractivity contribution is 7.98. The van der Waals surface area contributed by atoms with Gasteiger partial charge in [0.2, 0.25) is 0 Å². The highest BCUT2D eigenvalue weighted by Gasteiger charge is 2.14. The molecular formula is C32H27N5OS. The number of carbonyl (C=O) groups excluding carboxylic acids is 1. The molecular weight excluding hydrogens is 502 g/mol. The standard InChI is InChI=1S/C32H27N5OS/c38-32(22-37-30-18-10-8-16-28(30)34-31(37)23-39-26-13-5-2-6-14-26)35-33-19-25-21-36(20-24-11-3-1-4-12-24)29-17-9-7-15-27(25)29/h1-19,21H,20,22-23H2,(H,35,38). The molecule has 6 aromatic rings. The minimum Gasteiger partial charge on any atom is -0.342 e. The average Bonchev–Trinajstić information content (AvgIpc) is 3.51. The van der Waals surface area contributed by atoms with Gasteiger partial charge < -0.3 is 9.13 Å². The van der Waals surface area contributed by atoms with Gasteiger partial charge in [-0.1, -0.05) is 78.9 Å². The monoisotopic (exact) mass is 529 g/mol. The van der Waals surface area contributed by atoms with Crippen LogP contribution in [-0.2, 0) is 23.6 Å². The molecule has 0 aliphatic heterocycles. The first-order valence-corrected chi connectivity index (χ1v) is 13.8. The lowest BCUT2D eigenvalue weighted by Gasteiger charge is -2.08. The van der Waals surface area contributed by atoms with Crippen LogP contribution in [0.5, 0.6) is 0 Å². The zero-order valence-electron chi connectivity index (χ0n) is 21.3. The molecule has 0 fully saturated rings. The molecule has 192 valence electrons. The maximum Gasteiger partial charge on any atom is 0.260 e. The largest absolute Gasteiger partial charge is 0.342 e. The summed E-state index contributed by atoms with van der Waals surface area (Å²) >= 11 is 1.70. The van der Waals surface area contributed by atoms with Gasteiger partial charge in [-0.05, 0) is 35.9 Å². The van der Waals surface area contributed by atoms with Crippen molar-refractivity contribution in [3.63, 3.8) is 0 Å². The fourth-order valence-corrected chi connectivity index (χ4v) is 5.58. The molecule has 0 aliphatic rings. The summed E-state index contributed by atoms with van der Waals surface area (Å²) in [6.45, 7) is 0.900. The van der Waals surface area contributed by atoms with Crippen molar-refractivity contribution in [1.29, 1.82) is 0 Å². The molecule has 7 heteroatoms. The lowest BCUT2D eigenvalue weighted by Crippen LogP contribution is -2.24. The number of carbonyl (C=O) groups is 1. The summed E-state index contributed by atoms with van der Waals surface area (Å²) in [7, 11) is 0. The van der Waals surface area contributed by atoms with Crippen LogP contribution in [0.2, 0.25) is 0 Å². The molecule has 39 heavy (non-hydrogen) atoms. The van der Waals surface area contributed by atoms with Gasteiger partial charge in [-0.15, -0.1) is 11.8 Å². The zero-order chi connectivity index (χ0) is 26.4. The van der Waals surface area contributed by atoms with Crippen molar-refractivity contribution >= 4 is 45.8 Å². The first-order chi connectivity index (χ1) is 19.2. The minimum absolute atomic E-state index is 0.137. The molecule has 0 atom stereocenters. The predicted molar refractivity (Wildman–Crippen MR) is 159 cm³/mol. The van der Waals surface area contributed by atoms with Gasteiger partial charge in [0.15, 0.2) is 0 Å². The summed E-state index contributed by atoms with van der Waals surface area (Å²) in [4.78, 5) is 19.0. The number of hydrogen-bond donors (Lipinski definition) is 1. The van der Waals surface area contributed by atoms with E-state index in [1.165, 1.54) is 5.56 Å². The summed E-state index contributed by atoms with van der Waals surface area (Å²) in [6.07, 6.45) is 3.80. The number of nitrogens with zero attached hydrogens (tertiary/aromatic N) is 4. The first-order valence-electron chi connectivity index (χ1n) is 12.8. The Bertz CT molecular complexity index is 1760. The number of aromatic nitrogens is 3. The summed E-state index contributed by atoms with van der Waals surface area (Å²) < 4.78 is 4.18. The lowest BCUT2D eigenvalue weighted by molar-refractivity contribution is -0.121. The second kappa shape index (κ2) is 11.4. The van der Waals surface area contributed by atoms with Crippen molar-refractivity contribution in [3.8, 4) is 0 Å². The second-order valence-corrected chi connectivity index (χ2v) is 10.3. The van der Waals surface area contributed by atoms with E-state index in [4.69, 9.17) is 4.98 Å². The van der Waals surface area contributed by atoms with Crippen LogP contribution in [0.15, 0.2) is 125 Å². The van der Waals surface area contributed by atoms with Crippen molar-refractivity contribution in [1.82, 2.24) is 19.5 Å². The van der Waals surface area contributed by atoms with Crippen LogP contribution >= 0.6 is 11.8 Å². The van der Waals surface area contributed by atoms with Gasteiger partial charge in [0.05, 0.1) is 23.0 Å². The third-order valence-electron chi connectivity index (χ3n) is 6.55. The molecule has 0 aliphatic carbocycles. The Kier molecular flexibility index (Phi) is 7.23. The van der Waals surface area contributed by atoms with Crippen molar-refractivity contribution in [2.24, 2.45) is 5.10 Å². The molecule has 6 nitrogen and oxygen atoms in total. The van der Waals surface area contributed by atoms with Gasteiger partial charge in [-0.3, -0.25) is 4.79 Å². The summed E-state index contributed by atoms with van der Waals surface area (Å²) in [6, 6.07) is 36.7. The number of hydrogen-bond acceptors (Lipinski definition) is 4. The molecule has 2 aromatic heterocycles. The van der Waals surface area contributed by atoms with E-state index >= 15 is 0 Å². The Morgan fingerprint density at radius 3 is 2.36 bits per heavy atom. The van der Waals surface area contributed by atoms with E-state index in [0.717, 1.165) is 44.8 Å². The molecule has 6 rings (SSSR count). The first kappa shape index (κ1) is 24.7. The molecule has 4 aromatic carbocycles. The average molecular weight is 530 g/mol. The van der Waals surface area contributed by atoms with Gasteiger partial charge in [-0.2, -0.15) is 5.10 Å². The van der Waals surface area contributed by atoms with Crippen LogP contribution in [0.25, 0.3) is 21.9 Å². The van der Waals surface area contributed by atoms with E-state index < -0.39 is 0 Å². The van der Waals surface area contributed by atoms with Crippen molar-refractivity contribution < 1.29 is 4.79 Å². The SMILES string of the molecule is O=C(Cn1c(CSc2ccccc2)nc2ccccc21)NN=Cc1cn(Cc2ccccc2)c2ccccc12. The number of thioether (sulfide) groups is 1. The summed E-state index contributed by atoms with van der Waals surface area (Å²) in [5, 5.41) is 5.41. The summed E-state index contributed by atoms with van der Waals surface area (Å²) in [5.74, 6) is 1.32. The van der Waals surface area contributed by atoms with Crippen molar-refractivity contribution in [3.05, 3.63) is 132 Å². The fourth-order valence-electron chi connectivity index (χ4n) is 4.72. The predicted octanol–water partition coefficient (Wildman–Crippen LogP) is 6.48. The van der Waals surface area contributed by atoms with Crippen LogP contribution in [0.3, 0.4) is 0 Å². The number of benzene rings is 4. The number of hydrazone groups is 1. The Labute approximate surface area is 231 Å². The van der Waals surface area contributed by atoms with Crippen LogP contribution < -0.4 is 5.43 Å². The fraction of sp³-hybridized carbons (Fsp3) is 0.0938. The van der Waals surface area contributed by atoms with Crippen LogP contribution in [0.4, 0.5) is 0 Å². The van der Waals surface area contributed by atoms with Gasteiger partial charge in [0.1, 0.15) is 12.4 Å². The lowest BCUT2D eigenvalue weighted by atomic mass is 10.2. The number of para-hydroxylation sites is 3. The molecule has 1 amide bonds. The number of amides is 1. The van der Waals surface area contributed by atoms with Gasteiger partial charge in [0, 0.05) is 34.1 Å². The van der Waals surface area contributed by atoms with Gasteiger partial charge in [-0.25, -0.2) is 10.4 Å². The van der Waals surface area contributed by atoms with E-state index in [2.05, 4.69) is 57.7 Å². The normalized spacial score (nSPS) is 11.5. The Hall–Kier alpha value is -4.62. The highest BCUT2D eigenvalue weighted by atomic mass is 32.2. The number of rotatable bonds is 9. The molecule has 1 N–H and O–H groups in total. The third-order valence-corrected chi connectivity index (χ3v) is 7.56. The Morgan fingerprint density at radius 1 is 0.846 bits per heavy atom. The number of fused-ring (bicyclic) bond motifs is 2. The molecule has 0 saturated carbocycles. The van der Waals surface area contributed by atoms with Crippen molar-refractivity contribution in [2.75, 3.05) is 0 Å². The van der Waals surface area contributed by atoms with Gasteiger partial charge in [0.25, 0.3) is 5.91 Å². The topological polar surface area (TPSA) is 64.2 Å². The maximum absolute atomic E-state index is 13.0. The smallest absolute Gasteiger partial charge is 0.260 e. The van der Waals surface area contributed by atoms with Gasteiger partial charge >= 0.3 is 0 Å². The molecule has 0 radical (unpaired) electrons. The van der Waals surface area contributed by atoms with Crippen LogP contribution in [-0.4, -0.2) is 26.2 Å².